The number of hydrogen-bond donors (Lipinski definition) is 1. The van der Waals surface area contributed by atoms with E-state index in [0.717, 1.165) is 25.3 Å². The van der Waals surface area contributed by atoms with Crippen molar-refractivity contribution in [2.75, 3.05) is 0 Å². The van der Waals surface area contributed by atoms with E-state index in [1.807, 2.05) is 6.20 Å². The number of hydrogen-bond acceptors (Lipinski definition) is 2. The summed E-state index contributed by atoms with van der Waals surface area (Å²) < 4.78 is 2.16. The highest BCUT2D eigenvalue weighted by Gasteiger charge is 2.44. The van der Waals surface area contributed by atoms with Crippen molar-refractivity contribution in [1.82, 2.24) is 9.78 Å². The second-order valence-corrected chi connectivity index (χ2v) is 5.04. The summed E-state index contributed by atoms with van der Waals surface area (Å²) in [6.45, 7) is 3.14. The van der Waals surface area contributed by atoms with Crippen LogP contribution in [0.15, 0.2) is 6.20 Å². The van der Waals surface area contributed by atoms with Gasteiger partial charge in [-0.3, -0.25) is 4.68 Å². The Balaban J connectivity index is 2.02. The average molecular weight is 205 g/mol. The molecule has 2 aliphatic rings. The third-order valence-electron chi connectivity index (χ3n) is 4.00. The van der Waals surface area contributed by atoms with E-state index in [4.69, 9.17) is 5.73 Å². The van der Waals surface area contributed by atoms with Crippen molar-refractivity contribution in [3.8, 4) is 0 Å². The zero-order chi connectivity index (χ0) is 10.5. The maximum Gasteiger partial charge on any atom is 0.0543 e. The molecule has 1 aromatic rings. The van der Waals surface area contributed by atoms with Gasteiger partial charge in [0.05, 0.1) is 6.20 Å². The van der Waals surface area contributed by atoms with Gasteiger partial charge in [0.15, 0.2) is 0 Å². The van der Waals surface area contributed by atoms with Crippen molar-refractivity contribution in [2.45, 2.75) is 57.0 Å². The number of nitrogens with two attached hydrogens (primary N) is 1. The minimum atomic E-state index is -0.0155. The monoisotopic (exact) mass is 205 g/mol. The highest BCUT2D eigenvalue weighted by Crippen LogP contribution is 2.48. The molecule has 0 aromatic carbocycles. The molecule has 3 rings (SSSR count). The average Bonchev–Trinajstić information content (AvgIpc) is 2.76. The maximum absolute atomic E-state index is 6.30. The molecule has 15 heavy (non-hydrogen) atoms. The van der Waals surface area contributed by atoms with E-state index in [-0.39, 0.29) is 5.54 Å². The molecule has 1 heterocycles. The third-order valence-corrected chi connectivity index (χ3v) is 4.00. The van der Waals surface area contributed by atoms with Crippen LogP contribution in [0.5, 0.6) is 0 Å². The van der Waals surface area contributed by atoms with Gasteiger partial charge in [0.1, 0.15) is 0 Å². The van der Waals surface area contributed by atoms with Gasteiger partial charge in [-0.05, 0) is 32.6 Å². The molecule has 2 fully saturated rings. The summed E-state index contributed by atoms with van der Waals surface area (Å²) in [7, 11) is 0. The van der Waals surface area contributed by atoms with Gasteiger partial charge in [0, 0.05) is 29.3 Å². The quantitative estimate of drug-likeness (QED) is 0.821. The van der Waals surface area contributed by atoms with Crippen LogP contribution < -0.4 is 5.73 Å². The van der Waals surface area contributed by atoms with Gasteiger partial charge in [0.2, 0.25) is 0 Å². The first kappa shape index (κ1) is 9.40. The Morgan fingerprint density at radius 2 is 2.27 bits per heavy atom. The van der Waals surface area contributed by atoms with Crippen LogP contribution in [-0.2, 0) is 12.1 Å². The zero-order valence-electron chi connectivity index (χ0n) is 9.37. The lowest BCUT2D eigenvalue weighted by Crippen LogP contribution is -2.24. The second kappa shape index (κ2) is 3.08. The molecule has 3 nitrogen and oxygen atoms in total. The minimum absolute atomic E-state index is 0.0155. The summed E-state index contributed by atoms with van der Waals surface area (Å²) in [6, 6.07) is 0. The van der Waals surface area contributed by atoms with E-state index in [9.17, 15) is 0 Å². The van der Waals surface area contributed by atoms with E-state index >= 15 is 0 Å². The Labute approximate surface area is 90.7 Å². The topological polar surface area (TPSA) is 43.8 Å². The Hall–Kier alpha value is -0.830. The molecule has 0 radical (unpaired) electrons. The summed E-state index contributed by atoms with van der Waals surface area (Å²) in [5.41, 5.74) is 9.07. The molecule has 0 spiro atoms. The van der Waals surface area contributed by atoms with Crippen LogP contribution in [0.4, 0.5) is 0 Å². The van der Waals surface area contributed by atoms with E-state index in [1.165, 1.54) is 30.5 Å². The first-order valence-electron chi connectivity index (χ1n) is 6.09. The Kier molecular flexibility index (Phi) is 1.93. The van der Waals surface area contributed by atoms with Gasteiger partial charge < -0.3 is 5.73 Å². The van der Waals surface area contributed by atoms with Gasteiger partial charge in [-0.1, -0.05) is 6.42 Å². The molecule has 0 saturated heterocycles. The smallest absolute Gasteiger partial charge is 0.0543 e. The lowest BCUT2D eigenvalue weighted by molar-refractivity contribution is 0.385. The molecular formula is C12H19N3. The molecule has 0 unspecified atom stereocenters. The molecule has 3 heteroatoms. The molecule has 82 valence electrons. The lowest BCUT2D eigenvalue weighted by atomic mass is 9.80. The number of aryl methyl sites for hydroxylation is 1. The third kappa shape index (κ3) is 1.33. The van der Waals surface area contributed by atoms with Crippen LogP contribution >= 0.6 is 0 Å². The van der Waals surface area contributed by atoms with Crippen LogP contribution in [0.25, 0.3) is 0 Å². The van der Waals surface area contributed by atoms with Gasteiger partial charge in [-0.2, -0.15) is 5.10 Å². The van der Waals surface area contributed by atoms with E-state index in [1.54, 1.807) is 0 Å². The van der Waals surface area contributed by atoms with Crippen molar-refractivity contribution in [3.63, 3.8) is 0 Å². The predicted octanol–water partition coefficient (Wildman–Crippen LogP) is 2.12. The van der Waals surface area contributed by atoms with Crippen molar-refractivity contribution >= 4 is 0 Å². The maximum atomic E-state index is 6.30. The van der Waals surface area contributed by atoms with Crippen molar-refractivity contribution in [3.05, 3.63) is 17.5 Å². The Morgan fingerprint density at radius 3 is 2.73 bits per heavy atom. The molecule has 0 atom stereocenters. The molecule has 0 bridgehead atoms. The van der Waals surface area contributed by atoms with Crippen LogP contribution in [-0.4, -0.2) is 9.78 Å². The van der Waals surface area contributed by atoms with Crippen molar-refractivity contribution < 1.29 is 0 Å². The Bertz CT molecular complexity index is 372. The molecule has 0 aliphatic heterocycles. The Morgan fingerprint density at radius 1 is 1.53 bits per heavy atom. The van der Waals surface area contributed by atoms with Crippen LogP contribution in [0.1, 0.15) is 56.2 Å². The van der Waals surface area contributed by atoms with Gasteiger partial charge >= 0.3 is 0 Å². The van der Waals surface area contributed by atoms with E-state index in [2.05, 4.69) is 16.7 Å². The largest absolute Gasteiger partial charge is 0.321 e. The van der Waals surface area contributed by atoms with Crippen LogP contribution in [0.2, 0.25) is 0 Å². The summed E-state index contributed by atoms with van der Waals surface area (Å²) >= 11 is 0. The first-order valence-corrected chi connectivity index (χ1v) is 6.09. The second-order valence-electron chi connectivity index (χ2n) is 5.04. The van der Waals surface area contributed by atoms with Crippen LogP contribution in [0, 0.1) is 0 Å². The fourth-order valence-electron chi connectivity index (χ4n) is 2.55. The molecule has 2 N–H and O–H groups in total. The fraction of sp³-hybridized carbons (Fsp3) is 0.750. The predicted molar refractivity (Wildman–Crippen MR) is 59.6 cm³/mol. The number of aromatic nitrogens is 2. The lowest BCUT2D eigenvalue weighted by Gasteiger charge is -2.28. The standard InChI is InChI=1S/C12H19N3/c1-2-15-11(9-4-3-5-9)10(8-14-15)12(13)6-7-12/h8-9H,2-7,13H2,1H3. The highest BCUT2D eigenvalue weighted by atomic mass is 15.3. The van der Waals surface area contributed by atoms with Gasteiger partial charge in [-0.25, -0.2) is 0 Å². The summed E-state index contributed by atoms with van der Waals surface area (Å²) in [4.78, 5) is 0. The van der Waals surface area contributed by atoms with Gasteiger partial charge in [0.25, 0.3) is 0 Å². The molecular weight excluding hydrogens is 186 g/mol. The summed E-state index contributed by atoms with van der Waals surface area (Å²) in [5, 5.41) is 4.48. The first-order chi connectivity index (χ1) is 7.24. The highest BCUT2D eigenvalue weighted by molar-refractivity contribution is 5.35. The fourth-order valence-corrected chi connectivity index (χ4v) is 2.55. The van der Waals surface area contributed by atoms with E-state index in [0.29, 0.717) is 0 Å². The summed E-state index contributed by atoms with van der Waals surface area (Å²) in [5.74, 6) is 0.739. The van der Waals surface area contributed by atoms with Gasteiger partial charge in [-0.15, -0.1) is 0 Å². The van der Waals surface area contributed by atoms with Crippen molar-refractivity contribution in [1.29, 1.82) is 0 Å². The van der Waals surface area contributed by atoms with Crippen LogP contribution in [0.3, 0.4) is 0 Å². The SMILES string of the molecule is CCn1ncc(C2(N)CC2)c1C1CCC1. The molecule has 1 aromatic heterocycles. The number of rotatable bonds is 3. The zero-order valence-corrected chi connectivity index (χ0v) is 9.37. The number of nitrogens with zero attached hydrogens (tertiary/aromatic N) is 2. The van der Waals surface area contributed by atoms with Crippen molar-refractivity contribution in [2.24, 2.45) is 5.73 Å². The normalized spacial score (nSPS) is 23.9. The molecule has 2 aliphatic carbocycles. The minimum Gasteiger partial charge on any atom is -0.321 e. The van der Waals surface area contributed by atoms with E-state index < -0.39 is 0 Å². The molecule has 0 amide bonds. The molecule has 2 saturated carbocycles. The summed E-state index contributed by atoms with van der Waals surface area (Å²) in [6.07, 6.45) is 8.33.